The molecule has 0 rings (SSSR count). The van der Waals surface area contributed by atoms with Gasteiger partial charge < -0.3 is 15.7 Å². The lowest BCUT2D eigenvalue weighted by Crippen LogP contribution is -2.38. The molecular weight excluding hydrogens is 286 g/mol. The highest BCUT2D eigenvalue weighted by atomic mass is 16.3. The molecule has 0 bridgehead atoms. The molecule has 0 unspecified atom stereocenters. The molecule has 3 N–H and O–H groups in total. The quantitative estimate of drug-likeness (QED) is 0.356. The summed E-state index contributed by atoms with van der Waals surface area (Å²) in [5.74, 6) is 0.772. The lowest BCUT2D eigenvalue weighted by molar-refractivity contribution is 0.390. The number of guanidine groups is 1. The van der Waals surface area contributed by atoms with Gasteiger partial charge in [0.05, 0.1) is 5.76 Å². The Hall–Kier alpha value is -1.71. The summed E-state index contributed by atoms with van der Waals surface area (Å²) >= 11 is 0. The summed E-state index contributed by atoms with van der Waals surface area (Å²) in [5.41, 5.74) is 1.99. The van der Waals surface area contributed by atoms with Gasteiger partial charge in [-0.25, -0.2) is 4.99 Å². The topological polar surface area (TPSA) is 56.6 Å². The predicted molar refractivity (Wildman–Crippen MR) is 101 cm³/mol. The molecule has 0 saturated heterocycles. The Kier molecular flexibility index (Phi) is 8.15. The van der Waals surface area contributed by atoms with Crippen molar-refractivity contribution in [3.8, 4) is 0 Å². The standard InChI is InChI=1S/C19H35N3O/c1-14(12-18(4,5)6)21-17(20-11-10-16(3)23)22-15(2)13-19(7,8)9/h23H,1-3,10-13H2,4-9H3,(H2,20,21,22). The van der Waals surface area contributed by atoms with E-state index in [0.29, 0.717) is 18.9 Å². The maximum atomic E-state index is 9.20. The third-order valence-corrected chi connectivity index (χ3v) is 2.75. The van der Waals surface area contributed by atoms with E-state index < -0.39 is 0 Å². The van der Waals surface area contributed by atoms with Crippen LogP contribution in [0.25, 0.3) is 0 Å². The van der Waals surface area contributed by atoms with Crippen LogP contribution in [0.4, 0.5) is 0 Å². The van der Waals surface area contributed by atoms with Gasteiger partial charge in [0.15, 0.2) is 5.96 Å². The molecule has 0 spiro atoms. The van der Waals surface area contributed by atoms with Gasteiger partial charge in [-0.05, 0) is 23.7 Å². The molecule has 0 aromatic carbocycles. The van der Waals surface area contributed by atoms with Crippen LogP contribution >= 0.6 is 0 Å². The van der Waals surface area contributed by atoms with E-state index in [9.17, 15) is 5.11 Å². The van der Waals surface area contributed by atoms with Crippen molar-refractivity contribution in [2.75, 3.05) is 6.54 Å². The highest BCUT2D eigenvalue weighted by Gasteiger charge is 2.15. The fourth-order valence-electron chi connectivity index (χ4n) is 2.10. The molecule has 0 saturated carbocycles. The Morgan fingerprint density at radius 3 is 1.91 bits per heavy atom. The molecule has 0 aromatic rings. The molecule has 4 nitrogen and oxygen atoms in total. The van der Waals surface area contributed by atoms with Crippen molar-refractivity contribution in [1.29, 1.82) is 0 Å². The first-order valence-corrected chi connectivity index (χ1v) is 8.10. The maximum absolute atomic E-state index is 9.20. The molecule has 0 aliphatic heterocycles. The minimum Gasteiger partial charge on any atom is -0.513 e. The number of hydrogen-bond donors (Lipinski definition) is 3. The minimum atomic E-state index is 0.132. The first-order valence-electron chi connectivity index (χ1n) is 8.10. The molecule has 0 aliphatic carbocycles. The largest absolute Gasteiger partial charge is 0.513 e. The highest BCUT2D eigenvalue weighted by Crippen LogP contribution is 2.24. The highest BCUT2D eigenvalue weighted by molar-refractivity contribution is 5.82. The molecule has 0 radical (unpaired) electrons. The molecule has 23 heavy (non-hydrogen) atoms. The van der Waals surface area contributed by atoms with Crippen LogP contribution in [-0.4, -0.2) is 17.6 Å². The zero-order valence-electron chi connectivity index (χ0n) is 15.8. The average molecular weight is 322 g/mol. The number of aliphatic hydroxyl groups excluding tert-OH is 1. The van der Waals surface area contributed by atoms with Gasteiger partial charge in [-0.15, -0.1) is 0 Å². The minimum absolute atomic E-state index is 0.132. The lowest BCUT2D eigenvalue weighted by Gasteiger charge is -2.22. The summed E-state index contributed by atoms with van der Waals surface area (Å²) in [5, 5.41) is 15.6. The van der Waals surface area contributed by atoms with E-state index in [1.165, 1.54) is 0 Å². The van der Waals surface area contributed by atoms with E-state index in [0.717, 1.165) is 24.2 Å². The second-order valence-electron chi connectivity index (χ2n) is 8.47. The van der Waals surface area contributed by atoms with Gasteiger partial charge >= 0.3 is 0 Å². The van der Waals surface area contributed by atoms with E-state index >= 15 is 0 Å². The van der Waals surface area contributed by atoms with Gasteiger partial charge in [0.25, 0.3) is 0 Å². The fraction of sp³-hybridized carbons (Fsp3) is 0.632. The normalized spacial score (nSPS) is 12.7. The Morgan fingerprint density at radius 1 is 0.957 bits per heavy atom. The van der Waals surface area contributed by atoms with Gasteiger partial charge in [-0.1, -0.05) is 61.3 Å². The van der Waals surface area contributed by atoms with Crippen LogP contribution in [0, 0.1) is 10.8 Å². The first kappa shape index (κ1) is 21.3. The smallest absolute Gasteiger partial charge is 0.200 e. The van der Waals surface area contributed by atoms with Crippen LogP contribution in [0.3, 0.4) is 0 Å². The number of aliphatic hydroxyl groups is 1. The van der Waals surface area contributed by atoms with Crippen LogP contribution in [0.15, 0.2) is 41.9 Å². The predicted octanol–water partition coefficient (Wildman–Crippen LogP) is 4.88. The third-order valence-electron chi connectivity index (χ3n) is 2.75. The van der Waals surface area contributed by atoms with Gasteiger partial charge in [-0.3, -0.25) is 0 Å². The average Bonchev–Trinajstić information content (AvgIpc) is 2.21. The molecule has 0 atom stereocenters. The van der Waals surface area contributed by atoms with E-state index in [1.807, 2.05) is 0 Å². The van der Waals surface area contributed by atoms with E-state index in [1.54, 1.807) is 0 Å². The molecule has 4 heteroatoms. The number of rotatable bonds is 7. The van der Waals surface area contributed by atoms with Crippen LogP contribution < -0.4 is 10.6 Å². The van der Waals surface area contributed by atoms with Gasteiger partial charge in [0.1, 0.15) is 0 Å². The summed E-state index contributed by atoms with van der Waals surface area (Å²) in [6.45, 7) is 25.1. The van der Waals surface area contributed by atoms with Gasteiger partial charge in [-0.2, -0.15) is 0 Å². The summed E-state index contributed by atoms with van der Waals surface area (Å²) < 4.78 is 0. The monoisotopic (exact) mass is 321 g/mol. The maximum Gasteiger partial charge on any atom is 0.200 e. The van der Waals surface area contributed by atoms with Crippen molar-refractivity contribution in [3.63, 3.8) is 0 Å². The van der Waals surface area contributed by atoms with Crippen molar-refractivity contribution in [1.82, 2.24) is 10.6 Å². The summed E-state index contributed by atoms with van der Waals surface area (Å²) in [4.78, 5) is 4.56. The number of nitrogens with zero attached hydrogens (tertiary/aromatic N) is 1. The van der Waals surface area contributed by atoms with Crippen molar-refractivity contribution < 1.29 is 5.11 Å². The summed E-state index contributed by atoms with van der Waals surface area (Å²) in [6, 6.07) is 0. The van der Waals surface area contributed by atoms with Crippen LogP contribution in [0.2, 0.25) is 0 Å². The van der Waals surface area contributed by atoms with Crippen LogP contribution in [-0.2, 0) is 0 Å². The zero-order chi connectivity index (χ0) is 18.3. The molecule has 0 aromatic heterocycles. The number of hydrogen-bond acceptors (Lipinski definition) is 2. The van der Waals surface area contributed by atoms with E-state index in [2.05, 4.69) is 76.9 Å². The Labute approximate surface area is 142 Å². The molecule has 0 fully saturated rings. The van der Waals surface area contributed by atoms with Crippen LogP contribution in [0.1, 0.15) is 60.8 Å². The van der Waals surface area contributed by atoms with Crippen molar-refractivity contribution in [2.24, 2.45) is 15.8 Å². The Bertz CT molecular complexity index is 462. The molecule has 132 valence electrons. The number of allylic oxidation sites excluding steroid dienone is 2. The Balaban J connectivity index is 4.89. The van der Waals surface area contributed by atoms with Gasteiger partial charge in [0.2, 0.25) is 0 Å². The third kappa shape index (κ3) is 13.7. The second-order valence-corrected chi connectivity index (χ2v) is 8.47. The second kappa shape index (κ2) is 8.80. The van der Waals surface area contributed by atoms with Crippen molar-refractivity contribution in [3.05, 3.63) is 36.9 Å². The summed E-state index contributed by atoms with van der Waals surface area (Å²) in [6.07, 6.45) is 2.11. The van der Waals surface area contributed by atoms with Crippen LogP contribution in [0.5, 0.6) is 0 Å². The van der Waals surface area contributed by atoms with Gasteiger partial charge in [0, 0.05) is 24.4 Å². The van der Waals surface area contributed by atoms with Crippen molar-refractivity contribution in [2.45, 2.75) is 60.8 Å². The number of nitrogens with one attached hydrogen (secondary N) is 2. The number of aliphatic imine (C=N–C) groups is 1. The molecule has 0 heterocycles. The SMILES string of the molecule is C=C(O)CCN/C(=N/C(=C)CC(C)(C)C)NC(=C)CC(C)(C)C. The van der Waals surface area contributed by atoms with E-state index in [-0.39, 0.29) is 16.6 Å². The lowest BCUT2D eigenvalue weighted by atomic mass is 9.91. The van der Waals surface area contributed by atoms with Crippen molar-refractivity contribution >= 4 is 5.96 Å². The zero-order valence-corrected chi connectivity index (χ0v) is 15.8. The fourth-order valence-corrected chi connectivity index (χ4v) is 2.10. The Morgan fingerprint density at radius 2 is 1.48 bits per heavy atom. The van der Waals surface area contributed by atoms with E-state index in [4.69, 9.17) is 0 Å². The molecule has 0 aliphatic rings. The first-order chi connectivity index (χ1) is 10.3. The molecule has 0 amide bonds. The molecular formula is C19H35N3O. The summed E-state index contributed by atoms with van der Waals surface area (Å²) in [7, 11) is 0.